The van der Waals surface area contributed by atoms with Crippen LogP contribution in [0.2, 0.25) is 0 Å². The Balaban J connectivity index is 1.66. The maximum atomic E-state index is 17.1. The number of nitriles is 1. The highest BCUT2D eigenvalue weighted by molar-refractivity contribution is 7.17. The van der Waals surface area contributed by atoms with Gasteiger partial charge in [-0.15, -0.1) is 11.3 Å². The molecule has 4 heterocycles. The number of anilines is 1. The second-order valence-corrected chi connectivity index (χ2v) is 12.6. The number of likely N-dealkylation sites (tertiary alicyclic amines) is 1. The highest BCUT2D eigenvalue weighted by Crippen LogP contribution is 2.51. The zero-order chi connectivity index (χ0) is 30.1. The largest absolute Gasteiger partial charge is 0.389 e. The molecule has 1 aromatic heterocycles. The molecule has 0 radical (unpaired) electrons. The molecule has 4 aliphatic rings. The lowest BCUT2D eigenvalue weighted by molar-refractivity contribution is 0.206. The van der Waals surface area contributed by atoms with Gasteiger partial charge in [0.15, 0.2) is 5.96 Å². The smallest absolute Gasteiger partial charge is 0.199 e. The number of aliphatic imine (C=N–C) groups is 1. The average molecular weight is 594 g/mol. The van der Waals surface area contributed by atoms with E-state index in [9.17, 15) is 5.26 Å². The molecule has 224 valence electrons. The van der Waals surface area contributed by atoms with Crippen LogP contribution in [-0.4, -0.2) is 42.7 Å². The number of hydrogen-bond acceptors (Lipinski definition) is 7. The van der Waals surface area contributed by atoms with Gasteiger partial charge in [-0.2, -0.15) is 5.26 Å². The molecule has 1 fully saturated rings. The molecular formula is C33H41F2N5OS. The van der Waals surface area contributed by atoms with Crippen LogP contribution in [0.15, 0.2) is 51.0 Å². The minimum absolute atomic E-state index is 0.174. The first-order valence-electron chi connectivity index (χ1n) is 15.1. The number of hydrogen-bond donors (Lipinski definition) is 2. The molecular weight excluding hydrogens is 552 g/mol. The summed E-state index contributed by atoms with van der Waals surface area (Å²) in [6.45, 7) is 11.4. The zero-order valence-electron chi connectivity index (χ0n) is 25.2. The first-order chi connectivity index (χ1) is 20.3. The minimum atomic E-state index is -0.847. The molecule has 9 heteroatoms. The molecule has 1 saturated heterocycles. The van der Waals surface area contributed by atoms with E-state index in [1.807, 2.05) is 20.0 Å². The monoisotopic (exact) mass is 593 g/mol. The Morgan fingerprint density at radius 1 is 1.31 bits per heavy atom. The summed E-state index contributed by atoms with van der Waals surface area (Å²) in [5, 5.41) is 13.7. The van der Waals surface area contributed by atoms with E-state index in [1.165, 1.54) is 18.9 Å². The molecule has 1 aliphatic carbocycles. The molecule has 1 aromatic rings. The number of nitrogens with one attached hydrogen (secondary N) is 1. The Morgan fingerprint density at radius 2 is 2.07 bits per heavy atom. The van der Waals surface area contributed by atoms with Crippen LogP contribution in [-0.2, 0) is 4.74 Å². The van der Waals surface area contributed by atoms with Gasteiger partial charge in [0.2, 0.25) is 0 Å². The highest BCUT2D eigenvalue weighted by atomic mass is 32.1. The Morgan fingerprint density at radius 3 is 2.76 bits per heavy atom. The van der Waals surface area contributed by atoms with Crippen molar-refractivity contribution in [2.45, 2.75) is 85.2 Å². The van der Waals surface area contributed by atoms with E-state index in [0.29, 0.717) is 47.7 Å². The lowest BCUT2D eigenvalue weighted by Gasteiger charge is -2.35. The van der Waals surface area contributed by atoms with Gasteiger partial charge in [-0.3, -0.25) is 0 Å². The first kappa shape index (κ1) is 30.2. The Labute approximate surface area is 252 Å². The fraction of sp³-hybridized carbons (Fsp3) is 0.515. The molecule has 0 bridgehead atoms. The van der Waals surface area contributed by atoms with Crippen LogP contribution in [0.1, 0.15) is 89.1 Å². The molecule has 6 nitrogen and oxygen atoms in total. The van der Waals surface area contributed by atoms with Crippen molar-refractivity contribution >= 4 is 33.7 Å². The number of allylic oxidation sites excluding steroid dienone is 3. The molecule has 3 unspecified atom stereocenters. The van der Waals surface area contributed by atoms with Gasteiger partial charge >= 0.3 is 0 Å². The number of nitrogen functional groups attached to an aromatic ring is 1. The van der Waals surface area contributed by atoms with Crippen molar-refractivity contribution in [2.75, 3.05) is 25.5 Å². The summed E-state index contributed by atoms with van der Waals surface area (Å²) < 4.78 is 38.3. The molecule has 0 saturated carbocycles. The molecule has 3 N–H and O–H groups in total. The third kappa shape index (κ3) is 5.13. The molecule has 0 amide bonds. The summed E-state index contributed by atoms with van der Waals surface area (Å²) in [6.07, 6.45) is 9.51. The fourth-order valence-corrected chi connectivity index (χ4v) is 7.65. The maximum Gasteiger partial charge on any atom is 0.199 e. The van der Waals surface area contributed by atoms with Crippen LogP contribution in [0.3, 0.4) is 0 Å². The van der Waals surface area contributed by atoms with Crippen LogP contribution in [0.4, 0.5) is 13.8 Å². The summed E-state index contributed by atoms with van der Waals surface area (Å²) in [5.74, 6) is 0.343. The van der Waals surface area contributed by atoms with Gasteiger partial charge in [-0.25, -0.2) is 13.8 Å². The predicted molar refractivity (Wildman–Crippen MR) is 168 cm³/mol. The minimum Gasteiger partial charge on any atom is -0.389 e. The summed E-state index contributed by atoms with van der Waals surface area (Å²) >= 11 is 1.02. The van der Waals surface area contributed by atoms with Gasteiger partial charge < -0.3 is 20.7 Å². The number of rotatable bonds is 8. The van der Waals surface area contributed by atoms with Crippen LogP contribution < -0.4 is 11.1 Å². The van der Waals surface area contributed by atoms with Gasteiger partial charge in [0.1, 0.15) is 28.8 Å². The van der Waals surface area contributed by atoms with Crippen molar-refractivity contribution in [3.63, 3.8) is 0 Å². The first-order valence-corrected chi connectivity index (χ1v) is 15.9. The van der Waals surface area contributed by atoms with Crippen molar-refractivity contribution < 1.29 is 13.5 Å². The molecule has 0 spiro atoms. The van der Waals surface area contributed by atoms with E-state index in [1.54, 1.807) is 6.92 Å². The normalized spacial score (nSPS) is 24.7. The predicted octanol–water partition coefficient (Wildman–Crippen LogP) is 7.78. The Hall–Kier alpha value is -3.22. The van der Waals surface area contributed by atoms with Crippen LogP contribution >= 0.6 is 11.3 Å². The number of unbranched alkanes of at least 4 members (excludes halogenated alkanes) is 2. The van der Waals surface area contributed by atoms with Gasteiger partial charge in [0.25, 0.3) is 0 Å². The molecule has 5 rings (SSSR count). The number of halogens is 2. The number of nitrogens with zero attached hydrogens (tertiary/aromatic N) is 3. The van der Waals surface area contributed by atoms with Crippen molar-refractivity contribution in [2.24, 2.45) is 10.9 Å². The van der Waals surface area contributed by atoms with Crippen molar-refractivity contribution in [3.05, 3.63) is 62.0 Å². The second-order valence-electron chi connectivity index (χ2n) is 11.6. The number of nitrogens with two attached hydrogens (primary N) is 1. The summed E-state index contributed by atoms with van der Waals surface area (Å²) in [4.78, 5) is 7.58. The number of thiophene rings is 1. The Bertz CT molecular complexity index is 1490. The highest BCUT2D eigenvalue weighted by Gasteiger charge is 2.42. The Kier molecular flexibility index (Phi) is 9.05. The van der Waals surface area contributed by atoms with Gasteiger partial charge in [-0.05, 0) is 55.7 Å². The van der Waals surface area contributed by atoms with Gasteiger partial charge in [0.05, 0.1) is 23.7 Å². The topological polar surface area (TPSA) is 86.7 Å². The van der Waals surface area contributed by atoms with E-state index in [-0.39, 0.29) is 22.0 Å². The molecule has 3 aliphatic heterocycles. The SMILES string of the molecule is C/C=C(/F)c1sc(N)c(C#N)c1/C(C1=C(F)C2N=C(N3CCC(C)C3CCCCC)NC=C2C2=C1COC2)=C(\C)CC. The molecule has 3 atom stereocenters. The third-order valence-electron chi connectivity index (χ3n) is 9.12. The molecule has 0 aromatic carbocycles. The van der Waals surface area contributed by atoms with E-state index >= 15 is 8.78 Å². The van der Waals surface area contributed by atoms with Gasteiger partial charge in [-0.1, -0.05) is 51.7 Å². The lowest BCUT2D eigenvalue weighted by Crippen LogP contribution is -2.46. The van der Waals surface area contributed by atoms with Crippen molar-refractivity contribution in [3.8, 4) is 6.07 Å². The second kappa shape index (κ2) is 12.6. The summed E-state index contributed by atoms with van der Waals surface area (Å²) in [6, 6.07) is 1.68. The average Bonchev–Trinajstić information content (AvgIpc) is 3.71. The van der Waals surface area contributed by atoms with Crippen LogP contribution in [0.5, 0.6) is 0 Å². The number of guanidine groups is 1. The number of fused-ring (bicyclic) bond motifs is 2. The van der Waals surface area contributed by atoms with Gasteiger partial charge in [0, 0.05) is 35.5 Å². The van der Waals surface area contributed by atoms with Crippen LogP contribution in [0, 0.1) is 17.2 Å². The van der Waals surface area contributed by atoms with E-state index < -0.39 is 17.7 Å². The summed E-state index contributed by atoms with van der Waals surface area (Å²) in [7, 11) is 0. The quantitative estimate of drug-likeness (QED) is 0.301. The molecule has 42 heavy (non-hydrogen) atoms. The van der Waals surface area contributed by atoms with E-state index in [4.69, 9.17) is 15.5 Å². The van der Waals surface area contributed by atoms with Crippen LogP contribution in [0.25, 0.3) is 11.4 Å². The summed E-state index contributed by atoms with van der Waals surface area (Å²) in [5.41, 5.74) is 10.9. The lowest BCUT2D eigenvalue weighted by atomic mass is 9.78. The third-order valence-corrected chi connectivity index (χ3v) is 10.1. The number of ether oxygens (including phenoxy) is 1. The van der Waals surface area contributed by atoms with E-state index in [2.05, 4.69) is 30.1 Å². The van der Waals surface area contributed by atoms with E-state index in [0.717, 1.165) is 59.4 Å². The van der Waals surface area contributed by atoms with Crippen molar-refractivity contribution in [1.82, 2.24) is 10.2 Å². The fourth-order valence-electron chi connectivity index (χ4n) is 6.65. The van der Waals surface area contributed by atoms with Crippen molar-refractivity contribution in [1.29, 1.82) is 5.26 Å². The maximum absolute atomic E-state index is 17.1. The zero-order valence-corrected chi connectivity index (χ0v) is 26.1. The standard InChI is InChI=1S/C33H41F2N5OS/c1-6-9-10-11-25-19(5)12-13-40(25)33-38-15-21-22-16-41-17-23(22)27(29(35)30(21)39-33)26(18(4)7-2)28-20(14-36)32(37)42-31(28)24(34)8-3/h8,15,19,25,30H,6-7,9-13,16-17,37H2,1-5H3,(H,38,39)/b24-8+,26-18+.